The first-order valence-electron chi connectivity index (χ1n) is 9.33. The summed E-state index contributed by atoms with van der Waals surface area (Å²) in [6, 6.07) is 0. The monoisotopic (exact) mass is 325 g/mol. The summed E-state index contributed by atoms with van der Waals surface area (Å²) in [5.74, 6) is -1.14. The predicted octanol–water partition coefficient (Wildman–Crippen LogP) is 4.13. The van der Waals surface area contributed by atoms with Gasteiger partial charge in [0.15, 0.2) is 22.9 Å². The molecule has 0 bridgehead atoms. The van der Waals surface area contributed by atoms with Crippen LogP contribution in [0.2, 0.25) is 0 Å². The Hall–Kier alpha value is -1.03. The van der Waals surface area contributed by atoms with E-state index < -0.39 is 5.54 Å². The minimum atomic E-state index is -1.89. The van der Waals surface area contributed by atoms with E-state index in [0.29, 0.717) is 19.3 Å². The fraction of sp³-hybridized carbons (Fsp3) is 0.842. The second-order valence-electron chi connectivity index (χ2n) is 6.45. The zero-order chi connectivity index (χ0) is 17.7. The molecule has 0 heterocycles. The molecule has 0 aliphatic heterocycles. The minimum absolute atomic E-state index is 0.226. The lowest BCUT2D eigenvalue weighted by molar-refractivity contribution is -0.142. The smallest absolute Gasteiger partial charge is 0.193 e. The summed E-state index contributed by atoms with van der Waals surface area (Å²) >= 11 is 0. The van der Waals surface area contributed by atoms with Crippen molar-refractivity contribution in [1.82, 2.24) is 0 Å². The molecule has 4 heteroatoms. The number of hydrogen-bond donors (Lipinski definition) is 1. The molecule has 0 spiro atoms. The van der Waals surface area contributed by atoms with Gasteiger partial charge in [0.05, 0.1) is 0 Å². The van der Waals surface area contributed by atoms with Crippen molar-refractivity contribution in [2.75, 3.05) is 0 Å². The third-order valence-corrected chi connectivity index (χ3v) is 4.34. The van der Waals surface area contributed by atoms with Crippen LogP contribution in [0.5, 0.6) is 0 Å². The quantitative estimate of drug-likeness (QED) is 0.363. The molecule has 0 saturated heterocycles. The lowest BCUT2D eigenvalue weighted by atomic mass is 9.79. The Morgan fingerprint density at radius 1 is 0.609 bits per heavy atom. The maximum absolute atomic E-state index is 12.5. The molecule has 0 aliphatic rings. The van der Waals surface area contributed by atoms with Crippen LogP contribution in [0.1, 0.15) is 97.8 Å². The van der Waals surface area contributed by atoms with E-state index in [1.54, 1.807) is 0 Å². The number of Topliss-reactive ketones (excluding diaryl/α,β-unsaturated/α-hetero) is 3. The maximum atomic E-state index is 12.5. The molecule has 134 valence electrons. The van der Waals surface area contributed by atoms with Crippen molar-refractivity contribution in [2.45, 2.75) is 103 Å². The lowest BCUT2D eigenvalue weighted by Crippen LogP contribution is -2.61. The number of hydrogen-bond acceptors (Lipinski definition) is 4. The molecule has 0 rings (SSSR count). The Bertz CT molecular complexity index is 322. The number of rotatable bonds is 15. The molecule has 2 N–H and O–H groups in total. The highest BCUT2D eigenvalue weighted by atomic mass is 16.2. The van der Waals surface area contributed by atoms with Crippen LogP contribution in [0.3, 0.4) is 0 Å². The number of nitrogens with two attached hydrogens (primary N) is 1. The summed E-state index contributed by atoms with van der Waals surface area (Å²) in [4.78, 5) is 37.6. The molecule has 23 heavy (non-hydrogen) atoms. The first-order chi connectivity index (χ1) is 10.9. The molecule has 0 atom stereocenters. The fourth-order valence-corrected chi connectivity index (χ4v) is 2.66. The van der Waals surface area contributed by atoms with Crippen LogP contribution in [0.15, 0.2) is 0 Å². The molecule has 0 aromatic heterocycles. The topological polar surface area (TPSA) is 77.2 Å². The molecule has 0 amide bonds. The van der Waals surface area contributed by atoms with Crippen LogP contribution < -0.4 is 5.73 Å². The minimum Gasteiger partial charge on any atom is -0.307 e. The Morgan fingerprint density at radius 2 is 0.870 bits per heavy atom. The standard InChI is InChI=1S/C19H35NO3/c1-4-7-10-13-16(21)19(20,17(22)14-11-8-5-2)18(23)15-12-9-6-3/h4-15,20H2,1-3H3. The zero-order valence-corrected chi connectivity index (χ0v) is 15.3. The molecule has 0 radical (unpaired) electrons. The van der Waals surface area contributed by atoms with Gasteiger partial charge in [-0.3, -0.25) is 14.4 Å². The van der Waals surface area contributed by atoms with E-state index in [9.17, 15) is 14.4 Å². The molecule has 0 aromatic rings. The third-order valence-electron chi connectivity index (χ3n) is 4.34. The summed E-state index contributed by atoms with van der Waals surface area (Å²) in [6.07, 6.45) is 8.45. The first-order valence-corrected chi connectivity index (χ1v) is 9.33. The van der Waals surface area contributed by atoms with Gasteiger partial charge in [0, 0.05) is 19.3 Å². The van der Waals surface area contributed by atoms with Gasteiger partial charge < -0.3 is 5.73 Å². The molecule has 0 aliphatic carbocycles. The van der Waals surface area contributed by atoms with Gasteiger partial charge in [-0.05, 0) is 19.3 Å². The van der Waals surface area contributed by atoms with E-state index in [2.05, 4.69) is 0 Å². The van der Waals surface area contributed by atoms with Crippen LogP contribution in [0, 0.1) is 0 Å². The summed E-state index contributed by atoms with van der Waals surface area (Å²) in [7, 11) is 0. The van der Waals surface area contributed by atoms with E-state index in [0.717, 1.165) is 38.5 Å². The normalized spacial score (nSPS) is 11.5. The summed E-state index contributed by atoms with van der Waals surface area (Å²) in [5.41, 5.74) is 4.23. The number of carbonyl (C=O) groups is 3. The van der Waals surface area contributed by atoms with Gasteiger partial charge >= 0.3 is 0 Å². The number of ketones is 3. The maximum Gasteiger partial charge on any atom is 0.193 e. The highest BCUT2D eigenvalue weighted by molar-refractivity contribution is 6.29. The summed E-state index contributed by atoms with van der Waals surface area (Å²) in [6.45, 7) is 6.14. The Balaban J connectivity index is 4.97. The third kappa shape index (κ3) is 7.38. The van der Waals surface area contributed by atoms with E-state index in [1.165, 1.54) is 0 Å². The van der Waals surface area contributed by atoms with Crippen molar-refractivity contribution in [2.24, 2.45) is 5.73 Å². The van der Waals surface area contributed by atoms with Gasteiger partial charge in [-0.25, -0.2) is 0 Å². The van der Waals surface area contributed by atoms with Crippen LogP contribution in [-0.2, 0) is 14.4 Å². The van der Waals surface area contributed by atoms with Crippen molar-refractivity contribution in [3.8, 4) is 0 Å². The highest BCUT2D eigenvalue weighted by Gasteiger charge is 2.46. The van der Waals surface area contributed by atoms with Crippen molar-refractivity contribution in [3.63, 3.8) is 0 Å². The van der Waals surface area contributed by atoms with Crippen molar-refractivity contribution in [3.05, 3.63) is 0 Å². The van der Waals surface area contributed by atoms with Gasteiger partial charge in [0.2, 0.25) is 0 Å². The average molecular weight is 325 g/mol. The van der Waals surface area contributed by atoms with E-state index >= 15 is 0 Å². The van der Waals surface area contributed by atoms with E-state index in [1.807, 2.05) is 20.8 Å². The van der Waals surface area contributed by atoms with Crippen LogP contribution >= 0.6 is 0 Å². The molecular weight excluding hydrogens is 290 g/mol. The Morgan fingerprint density at radius 3 is 1.09 bits per heavy atom. The van der Waals surface area contributed by atoms with Gasteiger partial charge in [-0.2, -0.15) is 0 Å². The second-order valence-corrected chi connectivity index (χ2v) is 6.45. The number of unbranched alkanes of at least 4 members (excludes halogenated alkanes) is 6. The van der Waals surface area contributed by atoms with Crippen LogP contribution in [0.25, 0.3) is 0 Å². The highest BCUT2D eigenvalue weighted by Crippen LogP contribution is 2.19. The van der Waals surface area contributed by atoms with Gasteiger partial charge in [-0.1, -0.05) is 59.3 Å². The predicted molar refractivity (Wildman–Crippen MR) is 94.4 cm³/mol. The zero-order valence-electron chi connectivity index (χ0n) is 15.3. The van der Waals surface area contributed by atoms with Gasteiger partial charge in [0.25, 0.3) is 0 Å². The second kappa shape index (κ2) is 12.4. The van der Waals surface area contributed by atoms with Gasteiger partial charge in [-0.15, -0.1) is 0 Å². The van der Waals surface area contributed by atoms with Crippen molar-refractivity contribution >= 4 is 17.3 Å². The largest absolute Gasteiger partial charge is 0.307 e. The van der Waals surface area contributed by atoms with Crippen LogP contribution in [0.4, 0.5) is 0 Å². The van der Waals surface area contributed by atoms with Crippen LogP contribution in [-0.4, -0.2) is 22.9 Å². The van der Waals surface area contributed by atoms with Gasteiger partial charge in [0.1, 0.15) is 0 Å². The van der Waals surface area contributed by atoms with Crippen molar-refractivity contribution in [1.29, 1.82) is 0 Å². The SMILES string of the molecule is CCCCCC(=O)C(N)(C(=O)CCCCC)C(=O)CCCCC. The molecule has 0 aromatic carbocycles. The fourth-order valence-electron chi connectivity index (χ4n) is 2.66. The number of carbonyl (C=O) groups excluding carboxylic acids is 3. The average Bonchev–Trinajstić information content (AvgIpc) is 2.54. The Labute approximate surface area is 141 Å². The Kier molecular flexibility index (Phi) is 11.8. The lowest BCUT2D eigenvalue weighted by Gasteiger charge is -2.25. The van der Waals surface area contributed by atoms with Crippen molar-refractivity contribution < 1.29 is 14.4 Å². The molecule has 0 unspecified atom stereocenters. The van der Waals surface area contributed by atoms with E-state index in [4.69, 9.17) is 5.73 Å². The summed E-state index contributed by atoms with van der Waals surface area (Å²) in [5, 5.41) is 0. The first kappa shape index (κ1) is 22.0. The molecule has 0 fully saturated rings. The molecule has 4 nitrogen and oxygen atoms in total. The molecule has 0 saturated carbocycles. The summed E-state index contributed by atoms with van der Waals surface area (Å²) < 4.78 is 0. The molecular formula is C19H35NO3. The van der Waals surface area contributed by atoms with E-state index in [-0.39, 0.29) is 36.6 Å².